The van der Waals surface area contributed by atoms with Gasteiger partial charge in [-0.3, -0.25) is 14.9 Å². The highest BCUT2D eigenvalue weighted by Gasteiger charge is 2.24. The Morgan fingerprint density at radius 3 is 2.39 bits per heavy atom. The molecule has 1 aromatic heterocycles. The number of amides is 1. The molecule has 1 atom stereocenters. The molecule has 0 saturated carbocycles. The van der Waals surface area contributed by atoms with E-state index in [0.29, 0.717) is 5.56 Å². The zero-order chi connectivity index (χ0) is 20.4. The second kappa shape index (κ2) is 7.68. The van der Waals surface area contributed by atoms with E-state index >= 15 is 0 Å². The van der Waals surface area contributed by atoms with Crippen molar-refractivity contribution in [1.82, 2.24) is 9.47 Å². The van der Waals surface area contributed by atoms with E-state index in [1.807, 2.05) is 57.2 Å². The molecular formula is C22H23N3O3. The first-order chi connectivity index (χ1) is 13.3. The molecule has 3 rings (SSSR count). The van der Waals surface area contributed by atoms with Crippen molar-refractivity contribution in [3.8, 4) is 5.69 Å². The van der Waals surface area contributed by atoms with Crippen LogP contribution in [0.5, 0.6) is 0 Å². The Bertz CT molecular complexity index is 1020. The lowest BCUT2D eigenvalue weighted by Gasteiger charge is -2.25. The molecule has 1 heterocycles. The molecule has 0 N–H and O–H groups in total. The van der Waals surface area contributed by atoms with Gasteiger partial charge in [-0.25, -0.2) is 0 Å². The molecule has 28 heavy (non-hydrogen) atoms. The zero-order valence-corrected chi connectivity index (χ0v) is 16.4. The molecule has 0 aliphatic rings. The maximum atomic E-state index is 13.2. The van der Waals surface area contributed by atoms with Crippen LogP contribution in [-0.2, 0) is 0 Å². The molecule has 6 nitrogen and oxygen atoms in total. The van der Waals surface area contributed by atoms with E-state index in [2.05, 4.69) is 4.57 Å². The highest BCUT2D eigenvalue weighted by Crippen LogP contribution is 2.27. The maximum Gasteiger partial charge on any atom is 0.269 e. The number of carbonyl (C=O) groups excluding carboxylic acids is 1. The van der Waals surface area contributed by atoms with Gasteiger partial charge in [0.1, 0.15) is 0 Å². The Kier molecular flexibility index (Phi) is 5.31. The van der Waals surface area contributed by atoms with Gasteiger partial charge in [0.25, 0.3) is 11.6 Å². The van der Waals surface area contributed by atoms with Crippen LogP contribution in [0.15, 0.2) is 60.7 Å². The first kappa shape index (κ1) is 19.4. The van der Waals surface area contributed by atoms with Crippen molar-refractivity contribution in [2.24, 2.45) is 0 Å². The Labute approximate surface area is 164 Å². The van der Waals surface area contributed by atoms with Gasteiger partial charge >= 0.3 is 0 Å². The zero-order valence-electron chi connectivity index (χ0n) is 16.4. The predicted octanol–water partition coefficient (Wildman–Crippen LogP) is 4.84. The van der Waals surface area contributed by atoms with Crippen molar-refractivity contribution in [1.29, 1.82) is 0 Å². The van der Waals surface area contributed by atoms with Gasteiger partial charge in [0.2, 0.25) is 0 Å². The van der Waals surface area contributed by atoms with E-state index in [0.717, 1.165) is 22.6 Å². The smallest absolute Gasteiger partial charge is 0.269 e. The topological polar surface area (TPSA) is 68.4 Å². The highest BCUT2D eigenvalue weighted by atomic mass is 16.6. The summed E-state index contributed by atoms with van der Waals surface area (Å²) in [6, 6.07) is 17.9. The summed E-state index contributed by atoms with van der Waals surface area (Å²) in [5.74, 6) is -0.116. The molecule has 0 bridgehead atoms. The van der Waals surface area contributed by atoms with Gasteiger partial charge in [0.05, 0.1) is 16.5 Å². The van der Waals surface area contributed by atoms with Crippen LogP contribution in [0.25, 0.3) is 5.69 Å². The summed E-state index contributed by atoms with van der Waals surface area (Å²) in [5, 5.41) is 11.0. The van der Waals surface area contributed by atoms with Crippen LogP contribution < -0.4 is 0 Å². The van der Waals surface area contributed by atoms with E-state index in [-0.39, 0.29) is 17.6 Å². The average Bonchev–Trinajstić information content (AvgIpc) is 3.01. The highest BCUT2D eigenvalue weighted by molar-refractivity contribution is 5.96. The first-order valence-corrected chi connectivity index (χ1v) is 9.07. The predicted molar refractivity (Wildman–Crippen MR) is 109 cm³/mol. The summed E-state index contributed by atoms with van der Waals surface area (Å²) in [6.07, 6.45) is 0. The van der Waals surface area contributed by atoms with E-state index in [4.69, 9.17) is 0 Å². The average molecular weight is 377 g/mol. The normalized spacial score (nSPS) is 11.9. The number of aryl methyl sites for hydroxylation is 1. The van der Waals surface area contributed by atoms with Crippen LogP contribution in [0.1, 0.15) is 40.3 Å². The standard InChI is InChI=1S/C22H23N3O3/c1-15-13-21(17(3)24(15)19-10-6-5-7-11-19)22(26)23(4)16(2)18-9-8-12-20(14-18)25(27)28/h5-14,16H,1-4H3. The van der Waals surface area contributed by atoms with E-state index in [9.17, 15) is 14.9 Å². The fraction of sp³-hybridized carbons (Fsp3) is 0.227. The third kappa shape index (κ3) is 3.53. The molecule has 0 fully saturated rings. The molecule has 2 aromatic carbocycles. The fourth-order valence-electron chi connectivity index (χ4n) is 3.44. The summed E-state index contributed by atoms with van der Waals surface area (Å²) in [6.45, 7) is 5.77. The lowest BCUT2D eigenvalue weighted by molar-refractivity contribution is -0.384. The Morgan fingerprint density at radius 2 is 1.75 bits per heavy atom. The molecule has 1 amide bonds. The largest absolute Gasteiger partial charge is 0.335 e. The van der Waals surface area contributed by atoms with Crippen molar-refractivity contribution >= 4 is 11.6 Å². The third-order valence-corrected chi connectivity index (χ3v) is 5.14. The van der Waals surface area contributed by atoms with Crippen LogP contribution in [0.4, 0.5) is 5.69 Å². The number of aromatic nitrogens is 1. The van der Waals surface area contributed by atoms with Gasteiger partial charge in [-0.15, -0.1) is 0 Å². The van der Waals surface area contributed by atoms with Gasteiger partial charge in [0.15, 0.2) is 0 Å². The number of hydrogen-bond donors (Lipinski definition) is 0. The number of hydrogen-bond acceptors (Lipinski definition) is 3. The second-order valence-electron chi connectivity index (χ2n) is 6.90. The summed E-state index contributed by atoms with van der Waals surface area (Å²) in [4.78, 5) is 25.4. The number of para-hydroxylation sites is 1. The Balaban J connectivity index is 1.92. The van der Waals surface area contributed by atoms with Crippen LogP contribution in [0.3, 0.4) is 0 Å². The monoisotopic (exact) mass is 377 g/mol. The SMILES string of the molecule is Cc1cc(C(=O)N(C)C(C)c2cccc([N+](=O)[O-])c2)c(C)n1-c1ccccc1. The minimum Gasteiger partial charge on any atom is -0.335 e. The van der Waals surface area contributed by atoms with Crippen LogP contribution in [-0.4, -0.2) is 27.3 Å². The van der Waals surface area contributed by atoms with E-state index in [1.165, 1.54) is 12.1 Å². The van der Waals surface area contributed by atoms with Gasteiger partial charge < -0.3 is 9.47 Å². The van der Waals surface area contributed by atoms with E-state index in [1.54, 1.807) is 24.1 Å². The first-order valence-electron chi connectivity index (χ1n) is 9.07. The molecule has 0 spiro atoms. The molecule has 0 aliphatic carbocycles. The van der Waals surface area contributed by atoms with Gasteiger partial charge in [-0.2, -0.15) is 0 Å². The van der Waals surface area contributed by atoms with Gasteiger partial charge in [-0.05, 0) is 44.5 Å². The molecule has 3 aromatic rings. The van der Waals surface area contributed by atoms with E-state index < -0.39 is 4.92 Å². The maximum absolute atomic E-state index is 13.2. The Hall–Kier alpha value is -3.41. The second-order valence-corrected chi connectivity index (χ2v) is 6.90. The number of nitro groups is 1. The minimum atomic E-state index is -0.425. The van der Waals surface area contributed by atoms with Crippen LogP contribution in [0.2, 0.25) is 0 Å². The number of non-ortho nitro benzene ring substituents is 1. The molecular weight excluding hydrogens is 354 g/mol. The fourth-order valence-corrected chi connectivity index (χ4v) is 3.44. The summed E-state index contributed by atoms with van der Waals surface area (Å²) in [7, 11) is 1.72. The van der Waals surface area contributed by atoms with Gasteiger partial charge in [-0.1, -0.05) is 30.3 Å². The number of nitro benzene ring substituents is 1. The number of nitrogens with zero attached hydrogens (tertiary/aromatic N) is 3. The number of rotatable bonds is 5. The summed E-state index contributed by atoms with van der Waals surface area (Å²) < 4.78 is 2.05. The third-order valence-electron chi connectivity index (χ3n) is 5.14. The number of carbonyl (C=O) groups is 1. The van der Waals surface area contributed by atoms with Crippen molar-refractivity contribution in [2.45, 2.75) is 26.8 Å². The molecule has 0 radical (unpaired) electrons. The molecule has 1 unspecified atom stereocenters. The molecule has 6 heteroatoms. The molecule has 0 saturated heterocycles. The number of benzene rings is 2. The Morgan fingerprint density at radius 1 is 1.07 bits per heavy atom. The lowest BCUT2D eigenvalue weighted by atomic mass is 10.1. The van der Waals surface area contributed by atoms with Crippen LogP contribution in [0, 0.1) is 24.0 Å². The van der Waals surface area contributed by atoms with Crippen LogP contribution >= 0.6 is 0 Å². The summed E-state index contributed by atoms with van der Waals surface area (Å²) in [5.41, 5.74) is 4.22. The van der Waals surface area contributed by atoms with Crippen molar-refractivity contribution in [3.05, 3.63) is 93.3 Å². The lowest BCUT2D eigenvalue weighted by Crippen LogP contribution is -2.30. The van der Waals surface area contributed by atoms with Crippen molar-refractivity contribution < 1.29 is 9.72 Å². The summed E-state index contributed by atoms with van der Waals surface area (Å²) >= 11 is 0. The molecule has 0 aliphatic heterocycles. The van der Waals surface area contributed by atoms with Gasteiger partial charge in [0, 0.05) is 36.3 Å². The quantitative estimate of drug-likeness (QED) is 0.472. The molecule has 144 valence electrons. The van der Waals surface area contributed by atoms with Crippen molar-refractivity contribution in [3.63, 3.8) is 0 Å². The van der Waals surface area contributed by atoms with Crippen molar-refractivity contribution in [2.75, 3.05) is 7.05 Å². The minimum absolute atomic E-state index is 0.0208.